The summed E-state index contributed by atoms with van der Waals surface area (Å²) in [6.07, 6.45) is 1.74. The molecule has 142 valence electrons. The zero-order valence-corrected chi connectivity index (χ0v) is 14.7. The Balaban J connectivity index is 1.50. The highest BCUT2D eigenvalue weighted by Crippen LogP contribution is 2.26. The van der Waals surface area contributed by atoms with Crippen molar-refractivity contribution in [2.24, 2.45) is 0 Å². The van der Waals surface area contributed by atoms with E-state index >= 15 is 0 Å². The second kappa shape index (κ2) is 8.07. The van der Waals surface area contributed by atoms with Crippen LogP contribution in [-0.4, -0.2) is 24.1 Å². The average Bonchev–Trinajstić information content (AvgIpc) is 2.62. The Hall–Kier alpha value is -3.09. The zero-order valence-electron chi connectivity index (χ0n) is 14.7. The van der Waals surface area contributed by atoms with E-state index in [1.165, 1.54) is 30.3 Å². The number of esters is 2. The first kappa shape index (κ1) is 18.7. The fraction of sp³-hybridized carbons (Fsp3) is 0.300. The molecule has 2 aromatic rings. The first-order valence-electron chi connectivity index (χ1n) is 8.74. The van der Waals surface area contributed by atoms with Crippen LogP contribution in [0.5, 0.6) is 0 Å². The molecular weight excluding hydrogens is 351 g/mol. The summed E-state index contributed by atoms with van der Waals surface area (Å²) in [4.78, 5) is 24.3. The predicted molar refractivity (Wildman–Crippen MR) is 98.5 cm³/mol. The molecule has 0 saturated heterocycles. The van der Waals surface area contributed by atoms with Crippen molar-refractivity contribution in [3.8, 4) is 0 Å². The molecular formula is C20H21FN2O4. The van der Waals surface area contributed by atoms with Gasteiger partial charge in [-0.3, -0.25) is 0 Å². The fourth-order valence-electron chi connectivity index (χ4n) is 3.12. The number of anilines is 2. The van der Waals surface area contributed by atoms with Gasteiger partial charge in [-0.2, -0.15) is 0 Å². The molecule has 0 bridgehead atoms. The fourth-order valence-corrected chi connectivity index (χ4v) is 3.12. The quantitative estimate of drug-likeness (QED) is 0.630. The minimum Gasteiger partial charge on any atom is -0.459 e. The topological polar surface area (TPSA) is 105 Å². The van der Waals surface area contributed by atoms with Gasteiger partial charge in [-0.25, -0.2) is 14.0 Å². The molecule has 1 saturated carbocycles. The molecule has 0 aliphatic heterocycles. The molecule has 1 aliphatic carbocycles. The predicted octanol–water partition coefficient (Wildman–Crippen LogP) is 3.32. The van der Waals surface area contributed by atoms with Crippen LogP contribution in [0.1, 0.15) is 46.4 Å². The third-order valence-electron chi connectivity index (χ3n) is 4.44. The summed E-state index contributed by atoms with van der Waals surface area (Å²) in [7, 11) is 0. The van der Waals surface area contributed by atoms with Gasteiger partial charge in [0.05, 0.1) is 11.1 Å². The highest BCUT2D eigenvalue weighted by atomic mass is 19.1. The van der Waals surface area contributed by atoms with E-state index in [1.807, 2.05) is 0 Å². The highest BCUT2D eigenvalue weighted by molar-refractivity contribution is 5.92. The molecule has 0 aromatic heterocycles. The van der Waals surface area contributed by atoms with E-state index in [4.69, 9.17) is 20.9 Å². The van der Waals surface area contributed by atoms with Gasteiger partial charge in [-0.15, -0.1) is 0 Å². The van der Waals surface area contributed by atoms with Crippen LogP contribution in [0.3, 0.4) is 0 Å². The molecule has 7 heteroatoms. The van der Waals surface area contributed by atoms with Crippen molar-refractivity contribution < 1.29 is 23.5 Å². The molecule has 0 amide bonds. The molecule has 0 heterocycles. The molecule has 27 heavy (non-hydrogen) atoms. The van der Waals surface area contributed by atoms with Crippen LogP contribution in [0.15, 0.2) is 42.5 Å². The van der Waals surface area contributed by atoms with E-state index in [0.29, 0.717) is 42.6 Å². The first-order chi connectivity index (χ1) is 12.9. The summed E-state index contributed by atoms with van der Waals surface area (Å²) in [5, 5.41) is 0. The van der Waals surface area contributed by atoms with Crippen LogP contribution in [0, 0.1) is 5.82 Å². The maximum atomic E-state index is 13.2. The molecule has 1 fully saturated rings. The molecule has 2 aromatic carbocycles. The summed E-state index contributed by atoms with van der Waals surface area (Å²) in [6.45, 7) is 0. The van der Waals surface area contributed by atoms with Gasteiger partial charge < -0.3 is 20.9 Å². The number of benzene rings is 2. The van der Waals surface area contributed by atoms with E-state index in [2.05, 4.69) is 0 Å². The van der Waals surface area contributed by atoms with E-state index in [9.17, 15) is 14.0 Å². The monoisotopic (exact) mass is 372 g/mol. The van der Waals surface area contributed by atoms with Crippen molar-refractivity contribution in [2.75, 3.05) is 11.5 Å². The van der Waals surface area contributed by atoms with Gasteiger partial charge in [0.2, 0.25) is 0 Å². The number of hydrogen-bond donors (Lipinski definition) is 2. The second-order valence-electron chi connectivity index (χ2n) is 6.61. The molecule has 0 atom stereocenters. The van der Waals surface area contributed by atoms with Crippen LogP contribution in [0.4, 0.5) is 15.8 Å². The molecule has 0 spiro atoms. The van der Waals surface area contributed by atoms with E-state index in [1.54, 1.807) is 6.07 Å². The summed E-state index contributed by atoms with van der Waals surface area (Å²) < 4.78 is 24.1. The van der Waals surface area contributed by atoms with Crippen LogP contribution in [0.2, 0.25) is 0 Å². The van der Waals surface area contributed by atoms with Crippen LogP contribution < -0.4 is 11.5 Å². The van der Waals surface area contributed by atoms with Gasteiger partial charge in [-0.05, 0) is 62.1 Å². The second-order valence-corrected chi connectivity index (χ2v) is 6.61. The van der Waals surface area contributed by atoms with Crippen molar-refractivity contribution in [1.82, 2.24) is 0 Å². The summed E-state index contributed by atoms with van der Waals surface area (Å²) in [5.41, 5.74) is 12.7. The average molecular weight is 372 g/mol. The highest BCUT2D eigenvalue weighted by Gasteiger charge is 2.27. The standard InChI is InChI=1S/C20H21FN2O4/c21-14-3-1-2-12(8-14)19(24)26-17-4-6-18(7-5-17)27-20(25)13-9-15(22)11-16(23)10-13/h1-3,8-11,17-18H,4-7,22-23H2. The van der Waals surface area contributed by atoms with Gasteiger partial charge >= 0.3 is 11.9 Å². The maximum Gasteiger partial charge on any atom is 0.338 e. The lowest BCUT2D eigenvalue weighted by Gasteiger charge is -2.28. The molecule has 1 aliphatic rings. The Labute approximate surface area is 156 Å². The van der Waals surface area contributed by atoms with E-state index in [-0.39, 0.29) is 17.8 Å². The number of ether oxygens (including phenoxy) is 2. The number of nitrogen functional groups attached to an aromatic ring is 2. The number of carbonyl (C=O) groups is 2. The number of halogens is 1. The minimum atomic E-state index is -0.551. The largest absolute Gasteiger partial charge is 0.459 e. The maximum absolute atomic E-state index is 13.2. The number of rotatable bonds is 4. The first-order valence-corrected chi connectivity index (χ1v) is 8.74. The Morgan fingerprint density at radius 2 is 1.33 bits per heavy atom. The lowest BCUT2D eigenvalue weighted by molar-refractivity contribution is -0.0108. The van der Waals surface area contributed by atoms with Gasteiger partial charge in [-0.1, -0.05) is 6.07 Å². The molecule has 6 nitrogen and oxygen atoms in total. The third kappa shape index (κ3) is 4.97. The van der Waals surface area contributed by atoms with Crippen molar-refractivity contribution in [2.45, 2.75) is 37.9 Å². The van der Waals surface area contributed by atoms with Crippen molar-refractivity contribution in [1.29, 1.82) is 0 Å². The molecule has 4 N–H and O–H groups in total. The Kier molecular flexibility index (Phi) is 5.59. The summed E-state index contributed by atoms with van der Waals surface area (Å²) in [5.74, 6) is -1.51. The number of nitrogens with two attached hydrogens (primary N) is 2. The number of hydrogen-bond acceptors (Lipinski definition) is 6. The Morgan fingerprint density at radius 3 is 1.85 bits per heavy atom. The Bertz CT molecular complexity index is 827. The molecule has 3 rings (SSSR count). The smallest absolute Gasteiger partial charge is 0.338 e. The van der Waals surface area contributed by atoms with Crippen molar-refractivity contribution >= 4 is 23.3 Å². The zero-order chi connectivity index (χ0) is 19.4. The number of carbonyl (C=O) groups excluding carboxylic acids is 2. The minimum absolute atomic E-state index is 0.183. The van der Waals surface area contributed by atoms with Crippen molar-refractivity contribution in [3.05, 3.63) is 59.4 Å². The van der Waals surface area contributed by atoms with E-state index < -0.39 is 17.8 Å². The van der Waals surface area contributed by atoms with Crippen LogP contribution in [-0.2, 0) is 9.47 Å². The van der Waals surface area contributed by atoms with Gasteiger partial charge in [0.1, 0.15) is 18.0 Å². The molecule has 0 unspecified atom stereocenters. The summed E-state index contributed by atoms with van der Waals surface area (Å²) >= 11 is 0. The van der Waals surface area contributed by atoms with E-state index in [0.717, 1.165) is 6.07 Å². The lowest BCUT2D eigenvalue weighted by atomic mass is 9.95. The van der Waals surface area contributed by atoms with Gasteiger partial charge in [0, 0.05) is 11.4 Å². The Morgan fingerprint density at radius 1 is 0.815 bits per heavy atom. The summed E-state index contributed by atoms with van der Waals surface area (Å²) in [6, 6.07) is 9.99. The third-order valence-corrected chi connectivity index (χ3v) is 4.44. The molecule has 0 radical (unpaired) electrons. The van der Waals surface area contributed by atoms with Gasteiger partial charge in [0.25, 0.3) is 0 Å². The SMILES string of the molecule is Nc1cc(N)cc(C(=O)OC2CCC(OC(=O)c3cccc(F)c3)CC2)c1. The lowest BCUT2D eigenvalue weighted by Crippen LogP contribution is -2.29. The van der Waals surface area contributed by atoms with Crippen molar-refractivity contribution in [3.63, 3.8) is 0 Å². The van der Waals surface area contributed by atoms with Crippen LogP contribution in [0.25, 0.3) is 0 Å². The van der Waals surface area contributed by atoms with Crippen LogP contribution >= 0.6 is 0 Å². The normalized spacial score (nSPS) is 19.3. The van der Waals surface area contributed by atoms with Gasteiger partial charge in [0.15, 0.2) is 0 Å².